The second-order valence-electron chi connectivity index (χ2n) is 7.23. The van der Waals surface area contributed by atoms with Crippen molar-refractivity contribution in [3.63, 3.8) is 0 Å². The molecule has 1 aliphatic heterocycles. The number of carbonyl (C=O) groups excluding carboxylic acids is 1. The first-order valence-electron chi connectivity index (χ1n) is 9.96. The highest BCUT2D eigenvalue weighted by atomic mass is 32.1. The molecule has 0 aliphatic carbocycles. The van der Waals surface area contributed by atoms with E-state index < -0.39 is 0 Å². The smallest absolute Gasteiger partial charge is 0.317 e. The second kappa shape index (κ2) is 8.42. The van der Waals surface area contributed by atoms with Gasteiger partial charge >= 0.3 is 6.03 Å². The molecule has 154 valence electrons. The van der Waals surface area contributed by atoms with Crippen LogP contribution in [0.5, 0.6) is 5.75 Å². The first-order chi connectivity index (χ1) is 14.1. The minimum absolute atomic E-state index is 0.0319. The van der Waals surface area contributed by atoms with E-state index in [0.717, 1.165) is 54.7 Å². The van der Waals surface area contributed by atoms with Gasteiger partial charge < -0.3 is 15.0 Å². The van der Waals surface area contributed by atoms with E-state index in [4.69, 9.17) is 9.72 Å². The third-order valence-corrected chi connectivity index (χ3v) is 6.14. The van der Waals surface area contributed by atoms with Crippen LogP contribution >= 0.6 is 11.3 Å². The van der Waals surface area contributed by atoms with E-state index in [2.05, 4.69) is 33.8 Å². The lowest BCUT2D eigenvalue weighted by Crippen LogP contribution is -2.51. The number of benzene rings is 1. The summed E-state index contributed by atoms with van der Waals surface area (Å²) in [7, 11) is 1.68. The van der Waals surface area contributed by atoms with Crippen molar-refractivity contribution >= 4 is 22.3 Å². The van der Waals surface area contributed by atoms with Crippen molar-refractivity contribution in [1.29, 1.82) is 0 Å². The normalized spacial score (nSPS) is 15.1. The monoisotopic (exact) mass is 413 g/mol. The van der Waals surface area contributed by atoms with E-state index in [1.54, 1.807) is 18.4 Å². The zero-order valence-corrected chi connectivity index (χ0v) is 18.0. The lowest BCUT2D eigenvalue weighted by atomic mass is 10.1. The molecule has 1 aliphatic rings. The van der Waals surface area contributed by atoms with Crippen molar-refractivity contribution in [2.45, 2.75) is 20.4 Å². The van der Waals surface area contributed by atoms with E-state index in [1.165, 1.54) is 10.6 Å². The number of hydrogen-bond acceptors (Lipinski definition) is 5. The molecule has 2 amide bonds. The molecule has 2 aromatic heterocycles. The molecule has 1 saturated heterocycles. The number of aryl methyl sites for hydroxylation is 1. The van der Waals surface area contributed by atoms with Gasteiger partial charge in [0, 0.05) is 55.9 Å². The van der Waals surface area contributed by atoms with Gasteiger partial charge in [-0.1, -0.05) is 12.1 Å². The Morgan fingerprint density at radius 2 is 2.07 bits per heavy atom. The van der Waals surface area contributed by atoms with Gasteiger partial charge in [-0.25, -0.2) is 9.78 Å². The maximum atomic E-state index is 12.1. The van der Waals surface area contributed by atoms with Gasteiger partial charge in [-0.05, 0) is 26.0 Å². The highest BCUT2D eigenvalue weighted by molar-refractivity contribution is 7.17. The molecule has 3 heterocycles. The number of ether oxygens (including phenoxy) is 1. The third kappa shape index (κ3) is 4.09. The highest BCUT2D eigenvalue weighted by Crippen LogP contribution is 2.31. The van der Waals surface area contributed by atoms with E-state index in [9.17, 15) is 4.79 Å². The number of urea groups is 1. The summed E-state index contributed by atoms with van der Waals surface area (Å²) in [5.74, 6) is 0.830. The van der Waals surface area contributed by atoms with Crippen molar-refractivity contribution < 1.29 is 9.53 Å². The highest BCUT2D eigenvalue weighted by Gasteiger charge is 2.24. The van der Waals surface area contributed by atoms with E-state index in [-0.39, 0.29) is 6.03 Å². The fourth-order valence-corrected chi connectivity index (χ4v) is 4.58. The predicted octanol–water partition coefficient (Wildman–Crippen LogP) is 3.23. The summed E-state index contributed by atoms with van der Waals surface area (Å²) < 4.78 is 7.62. The van der Waals surface area contributed by atoms with Crippen molar-refractivity contribution in [3.05, 3.63) is 41.0 Å². The molecule has 29 heavy (non-hydrogen) atoms. The van der Waals surface area contributed by atoms with E-state index >= 15 is 0 Å². The van der Waals surface area contributed by atoms with E-state index in [0.29, 0.717) is 6.54 Å². The molecule has 0 spiro atoms. The standard InChI is InChI=1S/C21H27N5O2S/c1-4-22-20(27)25-10-8-24(9-11-25)14-18-19(16-6-5-7-17(12-16)28-3)23-21-26(18)13-15(2)29-21/h5-7,12-13H,4,8-11,14H2,1-3H3,(H,22,27). The number of methoxy groups -OCH3 is 1. The summed E-state index contributed by atoms with van der Waals surface area (Å²) in [6.45, 7) is 8.70. The Hall–Kier alpha value is -2.58. The van der Waals surface area contributed by atoms with Crippen LogP contribution in [-0.4, -0.2) is 65.0 Å². The average Bonchev–Trinajstić information content (AvgIpc) is 3.25. The second-order valence-corrected chi connectivity index (χ2v) is 8.45. The summed E-state index contributed by atoms with van der Waals surface area (Å²) in [6.07, 6.45) is 2.16. The Labute approximate surface area is 174 Å². The van der Waals surface area contributed by atoms with Gasteiger partial charge in [0.2, 0.25) is 0 Å². The van der Waals surface area contributed by atoms with Crippen molar-refractivity contribution in [2.24, 2.45) is 0 Å². The number of piperazine rings is 1. The van der Waals surface area contributed by atoms with Crippen molar-refractivity contribution in [3.8, 4) is 17.0 Å². The number of amides is 2. The predicted molar refractivity (Wildman–Crippen MR) is 116 cm³/mol. The molecule has 0 saturated carbocycles. The van der Waals surface area contributed by atoms with Crippen LogP contribution in [0.1, 0.15) is 17.5 Å². The Morgan fingerprint density at radius 3 is 2.79 bits per heavy atom. The molecule has 0 bridgehead atoms. The van der Waals surface area contributed by atoms with Gasteiger partial charge in [0.05, 0.1) is 18.5 Å². The maximum absolute atomic E-state index is 12.1. The summed E-state index contributed by atoms with van der Waals surface area (Å²) in [5.41, 5.74) is 3.25. The third-order valence-electron chi connectivity index (χ3n) is 5.24. The molecular weight excluding hydrogens is 386 g/mol. The molecule has 1 aromatic carbocycles. The number of nitrogens with one attached hydrogen (secondary N) is 1. The zero-order valence-electron chi connectivity index (χ0n) is 17.1. The number of hydrogen-bond donors (Lipinski definition) is 1. The fraction of sp³-hybridized carbons (Fsp3) is 0.429. The molecule has 0 unspecified atom stereocenters. The molecule has 1 N–H and O–H groups in total. The molecule has 8 heteroatoms. The van der Waals surface area contributed by atoms with Crippen molar-refractivity contribution in [1.82, 2.24) is 24.5 Å². The SMILES string of the molecule is CCNC(=O)N1CCN(Cc2c(-c3cccc(OC)c3)nc3sc(C)cn23)CC1. The van der Waals surface area contributed by atoms with Gasteiger partial charge in [0.1, 0.15) is 5.75 Å². The van der Waals surface area contributed by atoms with Gasteiger partial charge in [0.25, 0.3) is 0 Å². The Morgan fingerprint density at radius 1 is 1.28 bits per heavy atom. The minimum atomic E-state index is 0.0319. The van der Waals surface area contributed by atoms with Crippen LogP contribution in [0.4, 0.5) is 4.79 Å². The number of carbonyl (C=O) groups is 1. The zero-order chi connectivity index (χ0) is 20.4. The van der Waals surface area contributed by atoms with E-state index in [1.807, 2.05) is 30.0 Å². The van der Waals surface area contributed by atoms with Crippen LogP contribution in [0.15, 0.2) is 30.5 Å². The first kappa shape index (κ1) is 19.7. The van der Waals surface area contributed by atoms with Crippen molar-refractivity contribution in [2.75, 3.05) is 39.8 Å². The summed E-state index contributed by atoms with van der Waals surface area (Å²) in [6, 6.07) is 8.10. The van der Waals surface area contributed by atoms with Crippen LogP contribution in [0.25, 0.3) is 16.2 Å². The Kier molecular flexibility index (Phi) is 5.73. The maximum Gasteiger partial charge on any atom is 0.317 e. The molecule has 7 nitrogen and oxygen atoms in total. The lowest BCUT2D eigenvalue weighted by molar-refractivity contribution is 0.134. The fourth-order valence-electron chi connectivity index (χ4n) is 3.74. The number of nitrogens with zero attached hydrogens (tertiary/aromatic N) is 4. The van der Waals surface area contributed by atoms with Gasteiger partial charge in [-0.15, -0.1) is 11.3 Å². The van der Waals surface area contributed by atoms with Crippen LogP contribution < -0.4 is 10.1 Å². The summed E-state index contributed by atoms with van der Waals surface area (Å²) >= 11 is 1.70. The van der Waals surface area contributed by atoms with Crippen LogP contribution in [0.3, 0.4) is 0 Å². The Balaban J connectivity index is 1.59. The summed E-state index contributed by atoms with van der Waals surface area (Å²) in [5, 5.41) is 2.89. The van der Waals surface area contributed by atoms with Gasteiger partial charge in [-0.2, -0.15) is 0 Å². The number of aromatic nitrogens is 2. The molecule has 3 aromatic rings. The molecular formula is C21H27N5O2S. The minimum Gasteiger partial charge on any atom is -0.497 e. The number of imidazole rings is 1. The molecule has 0 atom stereocenters. The summed E-state index contributed by atoms with van der Waals surface area (Å²) in [4.78, 5) is 23.6. The van der Waals surface area contributed by atoms with Crippen LogP contribution in [0.2, 0.25) is 0 Å². The van der Waals surface area contributed by atoms with Gasteiger partial charge in [-0.3, -0.25) is 9.30 Å². The largest absolute Gasteiger partial charge is 0.497 e. The first-order valence-corrected chi connectivity index (χ1v) is 10.8. The number of fused-ring (bicyclic) bond motifs is 1. The molecule has 4 rings (SSSR count). The van der Waals surface area contributed by atoms with Crippen LogP contribution in [-0.2, 0) is 6.54 Å². The molecule has 1 fully saturated rings. The lowest BCUT2D eigenvalue weighted by Gasteiger charge is -2.34. The topological polar surface area (TPSA) is 62.1 Å². The Bertz CT molecular complexity index is 1000. The number of thiazole rings is 1. The average molecular weight is 414 g/mol. The molecule has 0 radical (unpaired) electrons. The van der Waals surface area contributed by atoms with Gasteiger partial charge in [0.15, 0.2) is 4.96 Å². The van der Waals surface area contributed by atoms with Crippen LogP contribution in [0, 0.1) is 6.92 Å². The quantitative estimate of drug-likeness (QED) is 0.698. The number of rotatable bonds is 5.